The third-order valence-corrected chi connectivity index (χ3v) is 3.79. The number of hydrogen-bond acceptors (Lipinski definition) is 5. The van der Waals surface area contributed by atoms with Crippen LogP contribution in [0.1, 0.15) is 39.4 Å². The van der Waals surface area contributed by atoms with Crippen molar-refractivity contribution in [2.45, 2.75) is 40.5 Å². The van der Waals surface area contributed by atoms with Crippen LogP contribution < -0.4 is 9.64 Å². The number of aryl methyl sites for hydroxylation is 1. The minimum absolute atomic E-state index is 0.255. The third kappa shape index (κ3) is 5.08. The number of ether oxygens (including phenoxy) is 1. The van der Waals surface area contributed by atoms with Gasteiger partial charge in [0.2, 0.25) is 11.8 Å². The third-order valence-electron chi connectivity index (χ3n) is 3.79. The summed E-state index contributed by atoms with van der Waals surface area (Å²) in [5.74, 6) is 2.90. The monoisotopic (exact) mass is 320 g/mol. The maximum Gasteiger partial charge on any atom is 0.222 e. The molecule has 6 heteroatoms. The predicted molar refractivity (Wildman–Crippen MR) is 90.8 cm³/mol. The average Bonchev–Trinajstić information content (AvgIpc) is 2.52. The summed E-state index contributed by atoms with van der Waals surface area (Å²) in [6.45, 7) is 11.9. The summed E-state index contributed by atoms with van der Waals surface area (Å²) in [7, 11) is 0. The summed E-state index contributed by atoms with van der Waals surface area (Å²) in [4.78, 5) is 25.1. The molecule has 2 rings (SSSR count). The number of rotatable bonds is 6. The van der Waals surface area contributed by atoms with E-state index in [0.717, 1.165) is 38.4 Å². The highest BCUT2D eigenvalue weighted by atomic mass is 16.5. The molecule has 0 unspecified atom stereocenters. The molecule has 0 aromatic carbocycles. The summed E-state index contributed by atoms with van der Waals surface area (Å²) < 4.78 is 5.63. The summed E-state index contributed by atoms with van der Waals surface area (Å²) in [6, 6.07) is 1.90. The molecule has 0 aliphatic carbocycles. The highest BCUT2D eigenvalue weighted by Crippen LogP contribution is 2.19. The number of carbonyl (C=O) groups is 1. The summed E-state index contributed by atoms with van der Waals surface area (Å²) in [5, 5.41) is 0. The zero-order valence-corrected chi connectivity index (χ0v) is 14.7. The van der Waals surface area contributed by atoms with Gasteiger partial charge in [-0.15, -0.1) is 0 Å². The van der Waals surface area contributed by atoms with Crippen LogP contribution in [0.3, 0.4) is 0 Å². The Morgan fingerprint density at radius 3 is 2.57 bits per heavy atom. The van der Waals surface area contributed by atoms with Crippen LogP contribution in [0.5, 0.6) is 5.88 Å². The lowest BCUT2D eigenvalue weighted by Crippen LogP contribution is -2.49. The molecule has 6 nitrogen and oxygen atoms in total. The van der Waals surface area contributed by atoms with E-state index in [9.17, 15) is 4.79 Å². The maximum absolute atomic E-state index is 12.1. The zero-order valence-electron chi connectivity index (χ0n) is 14.7. The molecule has 0 bridgehead atoms. The van der Waals surface area contributed by atoms with Gasteiger partial charge in [0.25, 0.3) is 0 Å². The molecule has 0 atom stereocenters. The van der Waals surface area contributed by atoms with Crippen molar-refractivity contribution in [3.63, 3.8) is 0 Å². The molecule has 1 amide bonds. The first kappa shape index (κ1) is 17.5. The van der Waals surface area contributed by atoms with Crippen LogP contribution in [0.4, 0.5) is 5.82 Å². The fraction of sp³-hybridized carbons (Fsp3) is 0.706. The molecule has 1 aromatic rings. The molecular formula is C17H28N4O2. The highest BCUT2D eigenvalue weighted by molar-refractivity contribution is 5.76. The molecule has 23 heavy (non-hydrogen) atoms. The van der Waals surface area contributed by atoms with Crippen LogP contribution in [0, 0.1) is 12.8 Å². The number of piperazine rings is 1. The van der Waals surface area contributed by atoms with E-state index in [1.165, 1.54) is 0 Å². The summed E-state index contributed by atoms with van der Waals surface area (Å²) in [5.41, 5.74) is 0. The number of carbonyl (C=O) groups excluding carboxylic acids is 1. The SMILES string of the molecule is CCCOc1cc(N2CCN(C(=O)CC(C)C)CC2)nc(C)n1. The Hall–Kier alpha value is -1.85. The fourth-order valence-electron chi connectivity index (χ4n) is 2.63. The van der Waals surface area contributed by atoms with E-state index in [-0.39, 0.29) is 5.91 Å². The molecule has 0 spiro atoms. The van der Waals surface area contributed by atoms with Gasteiger partial charge in [0.1, 0.15) is 11.6 Å². The molecule has 1 fully saturated rings. The van der Waals surface area contributed by atoms with Crippen LogP contribution in [0.2, 0.25) is 0 Å². The van der Waals surface area contributed by atoms with E-state index >= 15 is 0 Å². The van der Waals surface area contributed by atoms with Gasteiger partial charge < -0.3 is 14.5 Å². The second-order valence-electron chi connectivity index (χ2n) is 6.43. The minimum Gasteiger partial charge on any atom is -0.478 e. The Labute approximate surface area is 138 Å². The molecule has 1 aliphatic rings. The van der Waals surface area contributed by atoms with Crippen LogP contribution >= 0.6 is 0 Å². The van der Waals surface area contributed by atoms with Crippen molar-refractivity contribution in [1.82, 2.24) is 14.9 Å². The molecule has 1 aliphatic heterocycles. The van der Waals surface area contributed by atoms with Crippen molar-refractivity contribution < 1.29 is 9.53 Å². The highest BCUT2D eigenvalue weighted by Gasteiger charge is 2.22. The van der Waals surface area contributed by atoms with E-state index in [0.29, 0.717) is 30.7 Å². The quantitative estimate of drug-likeness (QED) is 0.805. The number of aromatic nitrogens is 2. The van der Waals surface area contributed by atoms with E-state index in [2.05, 4.69) is 35.6 Å². The van der Waals surface area contributed by atoms with E-state index in [1.54, 1.807) is 0 Å². The summed E-state index contributed by atoms with van der Waals surface area (Å²) >= 11 is 0. The van der Waals surface area contributed by atoms with Crippen LogP contribution in [-0.2, 0) is 4.79 Å². The van der Waals surface area contributed by atoms with Crippen LogP contribution in [-0.4, -0.2) is 53.6 Å². The smallest absolute Gasteiger partial charge is 0.222 e. The van der Waals surface area contributed by atoms with Gasteiger partial charge in [0.05, 0.1) is 6.61 Å². The predicted octanol–water partition coefficient (Wildman–Crippen LogP) is 2.27. The van der Waals surface area contributed by atoms with Crippen molar-refractivity contribution in [3.05, 3.63) is 11.9 Å². The maximum atomic E-state index is 12.1. The lowest BCUT2D eigenvalue weighted by molar-refractivity contribution is -0.132. The number of amides is 1. The van der Waals surface area contributed by atoms with Gasteiger partial charge in [-0.3, -0.25) is 4.79 Å². The fourth-order valence-corrected chi connectivity index (χ4v) is 2.63. The lowest BCUT2D eigenvalue weighted by Gasteiger charge is -2.35. The molecule has 1 aromatic heterocycles. The van der Waals surface area contributed by atoms with Crippen molar-refractivity contribution in [3.8, 4) is 5.88 Å². The molecular weight excluding hydrogens is 292 g/mol. The second kappa shape index (κ2) is 8.13. The Balaban J connectivity index is 1.97. The Morgan fingerprint density at radius 1 is 1.26 bits per heavy atom. The molecule has 128 valence electrons. The number of anilines is 1. The van der Waals surface area contributed by atoms with Gasteiger partial charge in [-0.1, -0.05) is 20.8 Å². The topological polar surface area (TPSA) is 58.6 Å². The van der Waals surface area contributed by atoms with Gasteiger partial charge in [-0.25, -0.2) is 4.98 Å². The van der Waals surface area contributed by atoms with Crippen molar-refractivity contribution >= 4 is 11.7 Å². The van der Waals surface area contributed by atoms with Crippen LogP contribution in [0.15, 0.2) is 6.07 Å². The largest absolute Gasteiger partial charge is 0.478 e. The number of nitrogens with zero attached hydrogens (tertiary/aromatic N) is 4. The first-order valence-corrected chi connectivity index (χ1v) is 8.50. The van der Waals surface area contributed by atoms with Gasteiger partial charge in [0.15, 0.2) is 0 Å². The molecule has 0 saturated carbocycles. The lowest BCUT2D eigenvalue weighted by atomic mass is 10.1. The molecule has 0 radical (unpaired) electrons. The first-order chi connectivity index (χ1) is 11.0. The normalized spacial score (nSPS) is 15.2. The standard InChI is InChI=1S/C17H28N4O2/c1-5-10-23-16-12-15(18-14(4)19-16)20-6-8-21(9-7-20)17(22)11-13(2)3/h12-13H,5-11H2,1-4H3. The Kier molecular flexibility index (Phi) is 6.19. The molecule has 2 heterocycles. The van der Waals surface area contributed by atoms with E-state index in [1.807, 2.05) is 17.9 Å². The van der Waals surface area contributed by atoms with Gasteiger partial charge in [0, 0.05) is 38.7 Å². The van der Waals surface area contributed by atoms with Gasteiger partial charge in [-0.2, -0.15) is 4.98 Å². The molecule has 0 N–H and O–H groups in total. The zero-order chi connectivity index (χ0) is 16.8. The Bertz CT molecular complexity index is 525. The van der Waals surface area contributed by atoms with E-state index in [4.69, 9.17) is 4.74 Å². The van der Waals surface area contributed by atoms with Gasteiger partial charge in [-0.05, 0) is 19.3 Å². The van der Waals surface area contributed by atoms with Crippen molar-refractivity contribution in [1.29, 1.82) is 0 Å². The van der Waals surface area contributed by atoms with Crippen molar-refractivity contribution in [2.75, 3.05) is 37.7 Å². The summed E-state index contributed by atoms with van der Waals surface area (Å²) in [6.07, 6.45) is 1.58. The minimum atomic E-state index is 0.255. The van der Waals surface area contributed by atoms with Crippen LogP contribution in [0.25, 0.3) is 0 Å². The van der Waals surface area contributed by atoms with Gasteiger partial charge >= 0.3 is 0 Å². The van der Waals surface area contributed by atoms with E-state index < -0.39 is 0 Å². The molecule has 1 saturated heterocycles. The Morgan fingerprint density at radius 2 is 1.96 bits per heavy atom. The van der Waals surface area contributed by atoms with Crippen molar-refractivity contribution in [2.24, 2.45) is 5.92 Å². The second-order valence-corrected chi connectivity index (χ2v) is 6.43. The number of hydrogen-bond donors (Lipinski definition) is 0. The average molecular weight is 320 g/mol. The first-order valence-electron chi connectivity index (χ1n) is 8.50.